The molecule has 4 nitrogen and oxygen atoms in total. The topological polar surface area (TPSA) is 63.8 Å². The molecule has 1 unspecified atom stereocenters. The molecule has 0 aliphatic heterocycles. The number of aromatic nitrogens is 2. The van der Waals surface area contributed by atoms with Crippen LogP contribution in [0, 0.1) is 11.8 Å². The molecule has 3 N–H and O–H groups in total. The van der Waals surface area contributed by atoms with E-state index in [2.05, 4.69) is 15.3 Å². The molecule has 0 radical (unpaired) electrons. The van der Waals surface area contributed by atoms with Crippen LogP contribution in [0.1, 0.15) is 5.56 Å². The molecule has 0 saturated heterocycles. The molecular weight excluding hydrogens is 414 g/mol. The number of nitrogens with zero attached hydrogens (tertiary/aromatic N) is 2. The van der Waals surface area contributed by atoms with E-state index in [9.17, 15) is 8.78 Å². The molecule has 2 heterocycles. The average Bonchev–Trinajstić information content (AvgIpc) is 3.18. The lowest BCUT2D eigenvalue weighted by molar-refractivity contribution is 0.586. The Morgan fingerprint density at radius 3 is 2.72 bits per heavy atom. The van der Waals surface area contributed by atoms with Crippen molar-refractivity contribution in [3.05, 3.63) is 77.2 Å². The Morgan fingerprint density at radius 2 is 1.90 bits per heavy atom. The Balaban J connectivity index is 1.40. The number of benzene rings is 2. The number of pyridine rings is 1. The maximum Gasteiger partial charge on any atom is 0.213 e. The molecule has 29 heavy (non-hydrogen) atoms. The van der Waals surface area contributed by atoms with Gasteiger partial charge < -0.3 is 11.1 Å². The average molecular weight is 431 g/mol. The second-order valence-corrected chi connectivity index (χ2v) is 8.13. The minimum absolute atomic E-state index is 0.100. The molecule has 0 aliphatic rings. The molecule has 8 heteroatoms. The zero-order chi connectivity index (χ0) is 20.4. The third-order valence-electron chi connectivity index (χ3n) is 4.48. The summed E-state index contributed by atoms with van der Waals surface area (Å²) in [5.41, 5.74) is 7.90. The zero-order valence-electron chi connectivity index (χ0n) is 15.2. The molecule has 0 amide bonds. The van der Waals surface area contributed by atoms with Crippen LogP contribution in [0.2, 0.25) is 5.02 Å². The predicted octanol–water partition coefficient (Wildman–Crippen LogP) is 5.27. The summed E-state index contributed by atoms with van der Waals surface area (Å²) < 4.78 is 26.9. The first kappa shape index (κ1) is 19.7. The normalized spacial score (nSPS) is 12.3. The van der Waals surface area contributed by atoms with Crippen molar-refractivity contribution in [2.75, 3.05) is 11.9 Å². The summed E-state index contributed by atoms with van der Waals surface area (Å²) >= 11 is 7.19. The summed E-state index contributed by atoms with van der Waals surface area (Å²) in [5.74, 6) is -0.948. The molecule has 2 aromatic heterocycles. The van der Waals surface area contributed by atoms with Crippen molar-refractivity contribution in [3.63, 3.8) is 0 Å². The van der Waals surface area contributed by atoms with E-state index in [0.717, 1.165) is 31.9 Å². The standard InChI is InChI=1S/C21H17ClF2N4S/c22-17-4-1-12(6-18(17)23)5-16(25)10-27-21-28-11-19(29-21)13-2-3-14-9-26-20(24)8-15(14)7-13/h1-4,6-9,11,16H,5,10,25H2,(H,27,28). The van der Waals surface area contributed by atoms with Gasteiger partial charge in [-0.3, -0.25) is 0 Å². The van der Waals surface area contributed by atoms with Crippen molar-refractivity contribution >= 4 is 38.8 Å². The SMILES string of the molecule is NC(CNc1ncc(-c2ccc3cnc(F)cc3c2)s1)Cc1ccc(Cl)c(F)c1. The van der Waals surface area contributed by atoms with E-state index < -0.39 is 11.8 Å². The number of nitrogens with two attached hydrogens (primary N) is 1. The minimum Gasteiger partial charge on any atom is -0.360 e. The lowest BCUT2D eigenvalue weighted by Crippen LogP contribution is -2.31. The van der Waals surface area contributed by atoms with Crippen molar-refractivity contribution in [2.45, 2.75) is 12.5 Å². The summed E-state index contributed by atoms with van der Waals surface area (Å²) in [5, 5.41) is 5.72. The summed E-state index contributed by atoms with van der Waals surface area (Å²) in [4.78, 5) is 9.01. The Labute approximate surface area is 175 Å². The van der Waals surface area contributed by atoms with Gasteiger partial charge in [0.2, 0.25) is 5.95 Å². The van der Waals surface area contributed by atoms with E-state index in [-0.39, 0.29) is 11.1 Å². The smallest absolute Gasteiger partial charge is 0.213 e. The molecule has 148 valence electrons. The van der Waals surface area contributed by atoms with Crippen molar-refractivity contribution in [3.8, 4) is 10.4 Å². The molecule has 0 saturated carbocycles. The van der Waals surface area contributed by atoms with Crippen molar-refractivity contribution in [1.29, 1.82) is 0 Å². The third kappa shape index (κ3) is 4.70. The van der Waals surface area contributed by atoms with E-state index in [4.69, 9.17) is 17.3 Å². The molecule has 0 fully saturated rings. The highest BCUT2D eigenvalue weighted by molar-refractivity contribution is 7.18. The first-order valence-corrected chi connectivity index (χ1v) is 10.1. The Bertz CT molecular complexity index is 1160. The van der Waals surface area contributed by atoms with E-state index in [1.807, 2.05) is 18.2 Å². The first-order chi connectivity index (χ1) is 14.0. The van der Waals surface area contributed by atoms with Crippen LogP contribution < -0.4 is 11.1 Å². The lowest BCUT2D eigenvalue weighted by Gasteiger charge is -2.12. The molecule has 4 aromatic rings. The van der Waals surface area contributed by atoms with Gasteiger partial charge in [-0.2, -0.15) is 4.39 Å². The number of rotatable bonds is 6. The zero-order valence-corrected chi connectivity index (χ0v) is 16.8. The van der Waals surface area contributed by atoms with E-state index in [1.165, 1.54) is 35.7 Å². The van der Waals surface area contributed by atoms with E-state index in [0.29, 0.717) is 13.0 Å². The van der Waals surface area contributed by atoms with Gasteiger partial charge in [0.15, 0.2) is 5.13 Å². The second kappa shape index (κ2) is 8.41. The predicted molar refractivity (Wildman–Crippen MR) is 114 cm³/mol. The van der Waals surface area contributed by atoms with Gasteiger partial charge in [0.25, 0.3) is 0 Å². The summed E-state index contributed by atoms with van der Waals surface area (Å²) in [6.45, 7) is 0.492. The molecule has 0 spiro atoms. The quantitative estimate of drug-likeness (QED) is 0.409. The molecule has 0 aliphatic carbocycles. The highest BCUT2D eigenvalue weighted by atomic mass is 35.5. The fourth-order valence-electron chi connectivity index (χ4n) is 3.02. The molecule has 1 atom stereocenters. The monoisotopic (exact) mass is 430 g/mol. The summed E-state index contributed by atoms with van der Waals surface area (Å²) in [7, 11) is 0. The number of nitrogens with one attached hydrogen (secondary N) is 1. The van der Waals surface area contributed by atoms with Gasteiger partial charge in [-0.25, -0.2) is 14.4 Å². The number of fused-ring (bicyclic) bond motifs is 1. The number of hydrogen-bond donors (Lipinski definition) is 2. The Hall–Kier alpha value is -2.61. The summed E-state index contributed by atoms with van der Waals surface area (Å²) in [6.07, 6.45) is 3.80. The van der Waals surface area contributed by atoms with Crippen LogP contribution in [0.25, 0.3) is 21.2 Å². The van der Waals surface area contributed by atoms with Crippen LogP contribution in [0.5, 0.6) is 0 Å². The molecule has 2 aromatic carbocycles. The Kier molecular flexibility index (Phi) is 5.71. The van der Waals surface area contributed by atoms with Gasteiger partial charge in [0.05, 0.1) is 9.90 Å². The van der Waals surface area contributed by atoms with E-state index >= 15 is 0 Å². The number of hydrogen-bond acceptors (Lipinski definition) is 5. The van der Waals surface area contributed by atoms with Crippen molar-refractivity contribution in [1.82, 2.24) is 9.97 Å². The van der Waals surface area contributed by atoms with Crippen LogP contribution in [-0.4, -0.2) is 22.6 Å². The Morgan fingerprint density at radius 1 is 1.03 bits per heavy atom. The van der Waals surface area contributed by atoms with Crippen molar-refractivity contribution in [2.24, 2.45) is 5.73 Å². The highest BCUT2D eigenvalue weighted by Gasteiger charge is 2.10. The number of halogens is 3. The maximum absolute atomic E-state index is 13.5. The number of anilines is 1. The lowest BCUT2D eigenvalue weighted by atomic mass is 10.1. The van der Waals surface area contributed by atoms with Gasteiger partial charge in [-0.15, -0.1) is 0 Å². The van der Waals surface area contributed by atoms with Gasteiger partial charge in [0.1, 0.15) is 5.82 Å². The van der Waals surface area contributed by atoms with Gasteiger partial charge >= 0.3 is 0 Å². The van der Waals surface area contributed by atoms with Crippen LogP contribution in [0.15, 0.2) is 54.9 Å². The van der Waals surface area contributed by atoms with Crippen LogP contribution in [0.4, 0.5) is 13.9 Å². The molecule has 0 bridgehead atoms. The van der Waals surface area contributed by atoms with Gasteiger partial charge in [0, 0.05) is 36.4 Å². The highest BCUT2D eigenvalue weighted by Crippen LogP contribution is 2.31. The molecular formula is C21H17ClF2N4S. The van der Waals surface area contributed by atoms with Crippen LogP contribution in [-0.2, 0) is 6.42 Å². The van der Waals surface area contributed by atoms with E-state index in [1.54, 1.807) is 12.3 Å². The summed E-state index contributed by atoms with van der Waals surface area (Å²) in [6, 6.07) is 11.7. The fraction of sp³-hybridized carbons (Fsp3) is 0.143. The van der Waals surface area contributed by atoms with Crippen molar-refractivity contribution < 1.29 is 8.78 Å². The first-order valence-electron chi connectivity index (χ1n) is 8.93. The van der Waals surface area contributed by atoms with Crippen LogP contribution >= 0.6 is 22.9 Å². The third-order valence-corrected chi connectivity index (χ3v) is 5.79. The molecule has 4 rings (SSSR count). The van der Waals surface area contributed by atoms with Gasteiger partial charge in [-0.05, 0) is 41.1 Å². The number of thiazole rings is 1. The largest absolute Gasteiger partial charge is 0.360 e. The second-order valence-electron chi connectivity index (χ2n) is 6.69. The minimum atomic E-state index is -0.504. The fourth-order valence-corrected chi connectivity index (χ4v) is 3.95. The maximum atomic E-state index is 13.5. The van der Waals surface area contributed by atoms with Gasteiger partial charge in [-0.1, -0.05) is 41.1 Å². The van der Waals surface area contributed by atoms with Crippen LogP contribution in [0.3, 0.4) is 0 Å².